The van der Waals surface area contributed by atoms with Crippen LogP contribution in [0.15, 0.2) is 54.7 Å². The van der Waals surface area contributed by atoms with Gasteiger partial charge in [-0.15, -0.1) is 0 Å². The van der Waals surface area contributed by atoms with Crippen molar-refractivity contribution >= 4 is 16.8 Å². The average Bonchev–Trinajstić information content (AvgIpc) is 3.18. The predicted molar refractivity (Wildman–Crippen MR) is 122 cm³/mol. The van der Waals surface area contributed by atoms with Crippen LogP contribution >= 0.6 is 0 Å². The molecule has 0 aliphatic carbocycles. The molecule has 1 aliphatic heterocycles. The van der Waals surface area contributed by atoms with Crippen molar-refractivity contribution in [2.24, 2.45) is 5.92 Å². The van der Waals surface area contributed by atoms with Gasteiger partial charge < -0.3 is 14.8 Å². The number of fused-ring (bicyclic) bond motifs is 1. The lowest BCUT2D eigenvalue weighted by atomic mass is 9.92. The monoisotopic (exact) mass is 418 g/mol. The van der Waals surface area contributed by atoms with Gasteiger partial charge in [-0.25, -0.2) is 0 Å². The van der Waals surface area contributed by atoms with Gasteiger partial charge in [-0.3, -0.25) is 9.78 Å². The van der Waals surface area contributed by atoms with Gasteiger partial charge in [0.1, 0.15) is 5.75 Å². The summed E-state index contributed by atoms with van der Waals surface area (Å²) in [5.74, 6) is 0.808. The zero-order chi connectivity index (χ0) is 22.0. The molecule has 2 heterocycles. The van der Waals surface area contributed by atoms with Crippen LogP contribution in [0.1, 0.15) is 30.5 Å². The molecule has 162 valence electrons. The van der Waals surface area contributed by atoms with Crippen LogP contribution in [-0.2, 0) is 16.0 Å². The van der Waals surface area contributed by atoms with Crippen molar-refractivity contribution in [1.82, 2.24) is 10.3 Å². The summed E-state index contributed by atoms with van der Waals surface area (Å²) in [6, 6.07) is 16.1. The van der Waals surface area contributed by atoms with Crippen LogP contribution in [0.5, 0.6) is 5.75 Å². The lowest BCUT2D eigenvalue weighted by Crippen LogP contribution is -2.52. The fourth-order valence-corrected chi connectivity index (χ4v) is 4.07. The van der Waals surface area contributed by atoms with Gasteiger partial charge in [-0.2, -0.15) is 0 Å². The van der Waals surface area contributed by atoms with Crippen molar-refractivity contribution in [2.45, 2.75) is 45.8 Å². The van der Waals surface area contributed by atoms with Crippen LogP contribution in [0, 0.1) is 19.8 Å². The zero-order valence-corrected chi connectivity index (χ0v) is 18.6. The van der Waals surface area contributed by atoms with Crippen molar-refractivity contribution in [1.29, 1.82) is 0 Å². The second-order valence-corrected chi connectivity index (χ2v) is 8.88. The Bertz CT molecular complexity index is 1090. The Balaban J connectivity index is 1.46. The van der Waals surface area contributed by atoms with E-state index in [0.29, 0.717) is 13.2 Å². The smallest absolute Gasteiger partial charge is 0.263 e. The topological polar surface area (TPSA) is 60.5 Å². The molecule has 0 spiro atoms. The first-order valence-electron chi connectivity index (χ1n) is 10.8. The predicted octanol–water partition coefficient (Wildman–Crippen LogP) is 4.38. The van der Waals surface area contributed by atoms with Gasteiger partial charge in [0.05, 0.1) is 24.8 Å². The van der Waals surface area contributed by atoms with Crippen LogP contribution in [-0.4, -0.2) is 35.7 Å². The number of carbonyl (C=O) groups is 1. The van der Waals surface area contributed by atoms with Crippen LogP contribution < -0.4 is 10.1 Å². The van der Waals surface area contributed by atoms with Gasteiger partial charge in [0, 0.05) is 17.5 Å². The van der Waals surface area contributed by atoms with E-state index < -0.39 is 5.60 Å². The number of pyridine rings is 1. The van der Waals surface area contributed by atoms with Crippen LogP contribution in [0.4, 0.5) is 0 Å². The number of para-hydroxylation sites is 1. The summed E-state index contributed by atoms with van der Waals surface area (Å²) >= 11 is 0. The van der Waals surface area contributed by atoms with Gasteiger partial charge in [-0.05, 0) is 69.0 Å². The summed E-state index contributed by atoms with van der Waals surface area (Å²) in [5.41, 5.74) is 3.42. The van der Waals surface area contributed by atoms with Crippen molar-refractivity contribution < 1.29 is 14.3 Å². The second kappa shape index (κ2) is 8.67. The van der Waals surface area contributed by atoms with Crippen molar-refractivity contribution in [3.8, 4) is 5.75 Å². The standard InChI is InChI=1S/C26H30N2O3/c1-17-8-7-11-24(18(17)2)31-26(3,4)25(29)28-23-16-30-15-20(23)14-19-12-13-27-22-10-6-5-9-21(19)22/h5-13,20,23H,14-16H2,1-4H3,(H,28,29)/t20-,23+/m1/s1. The number of nitrogens with zero attached hydrogens (tertiary/aromatic N) is 1. The Labute approximate surface area is 183 Å². The fourth-order valence-electron chi connectivity index (χ4n) is 4.07. The molecular formula is C26H30N2O3. The summed E-state index contributed by atoms with van der Waals surface area (Å²) in [6.45, 7) is 8.81. The second-order valence-electron chi connectivity index (χ2n) is 8.88. The first-order chi connectivity index (χ1) is 14.8. The van der Waals surface area contributed by atoms with Crippen LogP contribution in [0.25, 0.3) is 10.9 Å². The van der Waals surface area contributed by atoms with E-state index in [-0.39, 0.29) is 17.9 Å². The first-order valence-corrected chi connectivity index (χ1v) is 10.8. The van der Waals surface area contributed by atoms with Gasteiger partial charge in [0.15, 0.2) is 5.60 Å². The number of ether oxygens (including phenoxy) is 2. The molecule has 0 bridgehead atoms. The number of amides is 1. The zero-order valence-electron chi connectivity index (χ0n) is 18.6. The third kappa shape index (κ3) is 4.57. The molecule has 1 N–H and O–H groups in total. The number of hydrogen-bond acceptors (Lipinski definition) is 4. The van der Waals surface area contributed by atoms with Crippen molar-refractivity contribution in [2.75, 3.05) is 13.2 Å². The molecule has 5 nitrogen and oxygen atoms in total. The molecule has 31 heavy (non-hydrogen) atoms. The molecule has 2 aromatic carbocycles. The molecule has 1 saturated heterocycles. The van der Waals surface area contributed by atoms with Crippen molar-refractivity contribution in [3.05, 3.63) is 71.4 Å². The number of nitrogens with one attached hydrogen (secondary N) is 1. The van der Waals surface area contributed by atoms with E-state index in [4.69, 9.17) is 9.47 Å². The summed E-state index contributed by atoms with van der Waals surface area (Å²) in [4.78, 5) is 17.6. The van der Waals surface area contributed by atoms with E-state index >= 15 is 0 Å². The minimum absolute atomic E-state index is 0.0547. The Kier molecular flexibility index (Phi) is 5.96. The Hall–Kier alpha value is -2.92. The molecule has 0 radical (unpaired) electrons. The normalized spacial score (nSPS) is 18.8. The lowest BCUT2D eigenvalue weighted by molar-refractivity contribution is -0.135. The molecule has 4 rings (SSSR count). The molecule has 1 fully saturated rings. The maximum absolute atomic E-state index is 13.1. The summed E-state index contributed by atoms with van der Waals surface area (Å²) in [7, 11) is 0. The molecular weight excluding hydrogens is 388 g/mol. The number of aromatic nitrogens is 1. The highest BCUT2D eigenvalue weighted by molar-refractivity contribution is 5.85. The Morgan fingerprint density at radius 1 is 1.13 bits per heavy atom. The largest absolute Gasteiger partial charge is 0.478 e. The van der Waals surface area contributed by atoms with E-state index in [1.807, 2.05) is 70.3 Å². The molecule has 1 amide bonds. The van der Waals surface area contributed by atoms with Gasteiger partial charge in [0.25, 0.3) is 5.91 Å². The van der Waals surface area contributed by atoms with Crippen LogP contribution in [0.3, 0.4) is 0 Å². The molecule has 0 saturated carbocycles. The molecule has 1 aliphatic rings. The van der Waals surface area contributed by atoms with Crippen molar-refractivity contribution in [3.63, 3.8) is 0 Å². The highest BCUT2D eigenvalue weighted by atomic mass is 16.5. The number of benzene rings is 2. The first kappa shape index (κ1) is 21.3. The summed E-state index contributed by atoms with van der Waals surface area (Å²) in [6.07, 6.45) is 2.68. The molecule has 5 heteroatoms. The minimum Gasteiger partial charge on any atom is -0.478 e. The average molecular weight is 419 g/mol. The number of aryl methyl sites for hydroxylation is 1. The maximum atomic E-state index is 13.1. The van der Waals surface area contributed by atoms with Gasteiger partial charge in [-0.1, -0.05) is 30.3 Å². The number of hydrogen-bond donors (Lipinski definition) is 1. The highest BCUT2D eigenvalue weighted by Crippen LogP contribution is 2.27. The molecule has 1 aromatic heterocycles. The van der Waals surface area contributed by atoms with E-state index in [2.05, 4.69) is 22.4 Å². The van der Waals surface area contributed by atoms with E-state index in [9.17, 15) is 4.79 Å². The van der Waals surface area contributed by atoms with E-state index in [0.717, 1.165) is 34.2 Å². The maximum Gasteiger partial charge on any atom is 0.263 e. The molecule has 3 aromatic rings. The van der Waals surface area contributed by atoms with Gasteiger partial charge >= 0.3 is 0 Å². The number of carbonyl (C=O) groups excluding carboxylic acids is 1. The summed E-state index contributed by atoms with van der Waals surface area (Å²) in [5, 5.41) is 4.34. The van der Waals surface area contributed by atoms with Crippen LogP contribution in [0.2, 0.25) is 0 Å². The van der Waals surface area contributed by atoms with Gasteiger partial charge in [0.2, 0.25) is 0 Å². The Morgan fingerprint density at radius 2 is 1.94 bits per heavy atom. The summed E-state index contributed by atoms with van der Waals surface area (Å²) < 4.78 is 11.9. The fraction of sp³-hybridized carbons (Fsp3) is 0.385. The van der Waals surface area contributed by atoms with E-state index in [1.54, 1.807) is 0 Å². The molecule has 0 unspecified atom stereocenters. The highest BCUT2D eigenvalue weighted by Gasteiger charge is 2.36. The third-order valence-electron chi connectivity index (χ3n) is 6.20. The minimum atomic E-state index is -0.991. The Morgan fingerprint density at radius 3 is 2.77 bits per heavy atom. The SMILES string of the molecule is Cc1cccc(OC(C)(C)C(=O)N[C@H]2COC[C@H]2Cc2ccnc3ccccc23)c1C. The lowest BCUT2D eigenvalue weighted by Gasteiger charge is -2.29. The third-order valence-corrected chi connectivity index (χ3v) is 6.20. The quantitative estimate of drug-likeness (QED) is 0.645. The van der Waals surface area contributed by atoms with E-state index in [1.165, 1.54) is 5.56 Å². The molecule has 2 atom stereocenters. The number of rotatable bonds is 6.